The van der Waals surface area contributed by atoms with Gasteiger partial charge >= 0.3 is 5.97 Å². The van der Waals surface area contributed by atoms with Gasteiger partial charge < -0.3 is 14.6 Å². The van der Waals surface area contributed by atoms with Crippen LogP contribution in [0.2, 0.25) is 0 Å². The van der Waals surface area contributed by atoms with Crippen molar-refractivity contribution in [3.63, 3.8) is 0 Å². The van der Waals surface area contributed by atoms with E-state index in [4.69, 9.17) is 14.6 Å². The molecule has 4 nitrogen and oxygen atoms in total. The minimum Gasteiger partial charge on any atom is -0.478 e. The molecule has 0 saturated carbocycles. The quantitative estimate of drug-likeness (QED) is 0.406. The zero-order chi connectivity index (χ0) is 11.1. The first-order valence-corrected chi connectivity index (χ1v) is 4.39. The van der Waals surface area contributed by atoms with Gasteiger partial charge in [0.15, 0.2) is 0 Å². The summed E-state index contributed by atoms with van der Waals surface area (Å²) in [5.41, 5.74) is 0.201. The van der Waals surface area contributed by atoms with Crippen molar-refractivity contribution in [2.24, 2.45) is 0 Å². The maximum Gasteiger partial charge on any atom is 0.334 e. The molecule has 0 radical (unpaired) electrons. The van der Waals surface area contributed by atoms with Crippen LogP contribution in [-0.2, 0) is 14.3 Å². The lowest BCUT2D eigenvalue weighted by Gasteiger charge is -2.16. The minimum absolute atomic E-state index is 0.201. The second-order valence-electron chi connectivity index (χ2n) is 2.70. The summed E-state index contributed by atoms with van der Waals surface area (Å²) in [7, 11) is 0. The van der Waals surface area contributed by atoms with Crippen LogP contribution in [0, 0.1) is 0 Å². The molecule has 0 aliphatic heterocycles. The lowest BCUT2D eigenvalue weighted by atomic mass is 10.2. The van der Waals surface area contributed by atoms with Crippen LogP contribution in [0.1, 0.15) is 27.2 Å². The third-order valence-corrected chi connectivity index (χ3v) is 1.66. The van der Waals surface area contributed by atoms with Crippen molar-refractivity contribution in [3.05, 3.63) is 24.2 Å². The molecule has 80 valence electrons. The number of allylic oxidation sites excluding steroid dienone is 1. The van der Waals surface area contributed by atoms with Gasteiger partial charge in [0.25, 0.3) is 0 Å². The van der Waals surface area contributed by atoms with E-state index in [1.807, 2.05) is 6.92 Å². The summed E-state index contributed by atoms with van der Waals surface area (Å²) in [5.74, 6) is -0.556. The highest BCUT2D eigenvalue weighted by Gasteiger charge is 2.11. The number of carboxylic acid groups (broad SMARTS) is 1. The summed E-state index contributed by atoms with van der Waals surface area (Å²) >= 11 is 0. The molecule has 1 unspecified atom stereocenters. The second-order valence-corrected chi connectivity index (χ2v) is 2.70. The van der Waals surface area contributed by atoms with Gasteiger partial charge in [-0.1, -0.05) is 13.5 Å². The molecule has 1 N–H and O–H groups in total. The van der Waals surface area contributed by atoms with Crippen LogP contribution in [0.4, 0.5) is 0 Å². The van der Waals surface area contributed by atoms with E-state index in [0.29, 0.717) is 12.2 Å². The molecular weight excluding hydrogens is 184 g/mol. The van der Waals surface area contributed by atoms with Gasteiger partial charge in [-0.25, -0.2) is 4.79 Å². The number of ether oxygens (including phenoxy) is 2. The normalized spacial score (nSPS) is 13.9. The average molecular weight is 200 g/mol. The second kappa shape index (κ2) is 6.07. The highest BCUT2D eigenvalue weighted by molar-refractivity contribution is 5.86. The molecule has 0 aromatic heterocycles. The number of rotatable bonds is 6. The zero-order valence-electron chi connectivity index (χ0n) is 8.74. The molecule has 0 aliphatic rings. The molecule has 0 aromatic rings. The summed E-state index contributed by atoms with van der Waals surface area (Å²) in [4.78, 5) is 10.6. The summed E-state index contributed by atoms with van der Waals surface area (Å²) in [6.07, 6.45) is 1.26. The Kier molecular flexibility index (Phi) is 5.44. The molecule has 1 atom stereocenters. The van der Waals surface area contributed by atoms with Gasteiger partial charge in [0.2, 0.25) is 6.29 Å². The Morgan fingerprint density at radius 1 is 1.64 bits per heavy atom. The maximum absolute atomic E-state index is 10.6. The predicted molar refractivity (Wildman–Crippen MR) is 52.5 cm³/mol. The molecule has 0 fully saturated rings. The van der Waals surface area contributed by atoms with Crippen LogP contribution in [0.5, 0.6) is 0 Å². The minimum atomic E-state index is -0.979. The van der Waals surface area contributed by atoms with Gasteiger partial charge in [0, 0.05) is 13.3 Å². The fourth-order valence-corrected chi connectivity index (χ4v) is 0.920. The van der Waals surface area contributed by atoms with E-state index in [-0.39, 0.29) is 5.57 Å². The largest absolute Gasteiger partial charge is 0.478 e. The van der Waals surface area contributed by atoms with Crippen molar-refractivity contribution in [1.82, 2.24) is 0 Å². The molecule has 0 aliphatic carbocycles. The van der Waals surface area contributed by atoms with Gasteiger partial charge in [0.05, 0.1) is 11.8 Å². The Balaban J connectivity index is 4.49. The molecule has 14 heavy (non-hydrogen) atoms. The van der Waals surface area contributed by atoms with Crippen molar-refractivity contribution >= 4 is 5.97 Å². The van der Waals surface area contributed by atoms with Crippen molar-refractivity contribution in [2.45, 2.75) is 33.5 Å². The molecule has 0 aromatic carbocycles. The average Bonchev–Trinajstić information content (AvgIpc) is 2.13. The summed E-state index contributed by atoms with van der Waals surface area (Å²) in [5, 5.41) is 8.73. The van der Waals surface area contributed by atoms with Crippen molar-refractivity contribution < 1.29 is 19.4 Å². The fourth-order valence-electron chi connectivity index (χ4n) is 0.920. The Bertz CT molecular complexity index is 243. The Morgan fingerprint density at radius 3 is 2.57 bits per heavy atom. The number of carboxylic acids is 1. The Hall–Kier alpha value is -1.45. The number of carbonyl (C=O) groups is 1. The van der Waals surface area contributed by atoms with E-state index in [1.54, 1.807) is 6.92 Å². The molecule has 0 amide bonds. The van der Waals surface area contributed by atoms with E-state index < -0.39 is 12.3 Å². The first-order valence-electron chi connectivity index (χ1n) is 4.39. The fraction of sp³-hybridized carbons (Fsp3) is 0.500. The standard InChI is InChI=1S/C10H16O4/c1-5-9(7(3)10(11)12)14-8(4)13-6-2/h6,8H,2,5H2,1,3-4H3,(H,11,12)/b9-7+. The van der Waals surface area contributed by atoms with Crippen LogP contribution >= 0.6 is 0 Å². The lowest BCUT2D eigenvalue weighted by Crippen LogP contribution is -2.12. The predicted octanol–water partition coefficient (Wildman–Crippen LogP) is 2.28. The van der Waals surface area contributed by atoms with Crippen molar-refractivity contribution in [2.75, 3.05) is 0 Å². The van der Waals surface area contributed by atoms with Crippen LogP contribution < -0.4 is 0 Å². The van der Waals surface area contributed by atoms with E-state index in [2.05, 4.69) is 6.58 Å². The van der Waals surface area contributed by atoms with E-state index in [0.717, 1.165) is 0 Å². The third kappa shape index (κ3) is 3.98. The third-order valence-electron chi connectivity index (χ3n) is 1.66. The van der Waals surface area contributed by atoms with Crippen LogP contribution in [0.15, 0.2) is 24.2 Å². The van der Waals surface area contributed by atoms with Gasteiger partial charge in [-0.15, -0.1) is 0 Å². The zero-order valence-corrected chi connectivity index (χ0v) is 8.74. The van der Waals surface area contributed by atoms with Gasteiger partial charge in [0.1, 0.15) is 5.76 Å². The first kappa shape index (κ1) is 12.6. The number of hydrogen-bond acceptors (Lipinski definition) is 3. The molecular formula is C10H16O4. The van der Waals surface area contributed by atoms with Gasteiger partial charge in [-0.3, -0.25) is 0 Å². The number of hydrogen-bond donors (Lipinski definition) is 1. The highest BCUT2D eigenvalue weighted by Crippen LogP contribution is 2.13. The molecule has 4 heteroatoms. The van der Waals surface area contributed by atoms with Crippen LogP contribution in [-0.4, -0.2) is 17.4 Å². The summed E-state index contributed by atoms with van der Waals surface area (Å²) < 4.78 is 10.2. The molecule has 0 saturated heterocycles. The van der Waals surface area contributed by atoms with Gasteiger partial charge in [-0.2, -0.15) is 0 Å². The molecule has 0 rings (SSSR count). The summed E-state index contributed by atoms with van der Waals surface area (Å²) in [6, 6.07) is 0. The highest BCUT2D eigenvalue weighted by atomic mass is 16.7. The van der Waals surface area contributed by atoms with Crippen molar-refractivity contribution in [1.29, 1.82) is 0 Å². The molecule has 0 heterocycles. The first-order chi connectivity index (χ1) is 6.52. The topological polar surface area (TPSA) is 55.8 Å². The monoisotopic (exact) mass is 200 g/mol. The number of aliphatic carboxylic acids is 1. The SMILES string of the molecule is C=COC(C)O/C(CC)=C(\C)C(=O)O. The lowest BCUT2D eigenvalue weighted by molar-refractivity contribution is -0.133. The van der Waals surface area contributed by atoms with Gasteiger partial charge in [-0.05, 0) is 6.92 Å². The molecule has 0 spiro atoms. The van der Waals surface area contributed by atoms with Crippen molar-refractivity contribution in [3.8, 4) is 0 Å². The smallest absolute Gasteiger partial charge is 0.334 e. The molecule has 0 bridgehead atoms. The summed E-state index contributed by atoms with van der Waals surface area (Å²) in [6.45, 7) is 8.38. The Labute approximate surface area is 83.8 Å². The van der Waals surface area contributed by atoms with E-state index >= 15 is 0 Å². The van der Waals surface area contributed by atoms with E-state index in [1.165, 1.54) is 13.2 Å². The maximum atomic E-state index is 10.6. The van der Waals surface area contributed by atoms with Crippen LogP contribution in [0.3, 0.4) is 0 Å². The Morgan fingerprint density at radius 2 is 2.21 bits per heavy atom. The van der Waals surface area contributed by atoms with Crippen LogP contribution in [0.25, 0.3) is 0 Å². The van der Waals surface area contributed by atoms with E-state index in [9.17, 15) is 4.79 Å².